The number of carbonyl (C=O) groups excluding carboxylic acids is 2. The van der Waals surface area contributed by atoms with Crippen molar-refractivity contribution >= 4 is 33.8 Å². The van der Waals surface area contributed by atoms with Crippen LogP contribution in [-0.4, -0.2) is 11.8 Å². The molecule has 2 amide bonds. The molecule has 2 N–H and O–H groups in total. The van der Waals surface area contributed by atoms with E-state index in [1.165, 1.54) is 6.08 Å². The Morgan fingerprint density at radius 2 is 1.68 bits per heavy atom. The van der Waals surface area contributed by atoms with E-state index in [9.17, 15) is 9.59 Å². The van der Waals surface area contributed by atoms with Gasteiger partial charge in [-0.3, -0.25) is 20.4 Å². The summed E-state index contributed by atoms with van der Waals surface area (Å²) in [7, 11) is 0. The van der Waals surface area contributed by atoms with Crippen LogP contribution in [0.4, 0.5) is 0 Å². The van der Waals surface area contributed by atoms with E-state index in [0.29, 0.717) is 10.0 Å². The van der Waals surface area contributed by atoms with Crippen molar-refractivity contribution in [2.75, 3.05) is 0 Å². The maximum Gasteiger partial charge on any atom is 0.270 e. The van der Waals surface area contributed by atoms with E-state index in [-0.39, 0.29) is 5.91 Å². The van der Waals surface area contributed by atoms with E-state index in [2.05, 4.69) is 26.8 Å². The quantitative estimate of drug-likeness (QED) is 0.653. The highest BCUT2D eigenvalue weighted by atomic mass is 79.9. The summed E-state index contributed by atoms with van der Waals surface area (Å²) < 4.78 is 0.664. The molecule has 5 heteroatoms. The minimum atomic E-state index is -0.402. The minimum absolute atomic E-state index is 0.385. The van der Waals surface area contributed by atoms with Crippen molar-refractivity contribution in [3.63, 3.8) is 0 Å². The van der Waals surface area contributed by atoms with Gasteiger partial charge in [0, 0.05) is 10.5 Å². The first-order chi connectivity index (χ1) is 10.6. The molecule has 0 aromatic heterocycles. The Labute approximate surface area is 137 Å². The van der Waals surface area contributed by atoms with Gasteiger partial charge in [0.2, 0.25) is 0 Å². The second-order valence-electron chi connectivity index (χ2n) is 4.67. The van der Waals surface area contributed by atoms with Gasteiger partial charge in [0.25, 0.3) is 11.8 Å². The molecule has 0 fully saturated rings. The molecule has 4 nitrogen and oxygen atoms in total. The first-order valence-electron chi connectivity index (χ1n) is 6.66. The molecule has 0 saturated carbocycles. The summed E-state index contributed by atoms with van der Waals surface area (Å²) in [6.07, 6.45) is 3.05. The van der Waals surface area contributed by atoms with E-state index in [1.807, 2.05) is 37.3 Å². The molecule has 0 spiro atoms. The van der Waals surface area contributed by atoms with E-state index in [0.717, 1.165) is 11.1 Å². The van der Waals surface area contributed by atoms with Crippen LogP contribution in [0.5, 0.6) is 0 Å². The van der Waals surface area contributed by atoms with Crippen LogP contribution in [0.1, 0.15) is 21.5 Å². The number of hydrazine groups is 1. The first kappa shape index (κ1) is 16.0. The van der Waals surface area contributed by atoms with Crippen molar-refractivity contribution in [1.29, 1.82) is 0 Å². The zero-order chi connectivity index (χ0) is 15.9. The fraction of sp³-hybridized carbons (Fsp3) is 0.0588. The molecule has 0 aliphatic rings. The first-order valence-corrected chi connectivity index (χ1v) is 7.45. The lowest BCUT2D eigenvalue weighted by atomic mass is 10.1. The predicted octanol–water partition coefficient (Wildman–Crippen LogP) is 3.23. The molecule has 22 heavy (non-hydrogen) atoms. The smallest absolute Gasteiger partial charge is 0.268 e. The lowest BCUT2D eigenvalue weighted by Gasteiger charge is -2.06. The summed E-state index contributed by atoms with van der Waals surface area (Å²) in [6, 6.07) is 14.7. The summed E-state index contributed by atoms with van der Waals surface area (Å²) in [5.74, 6) is -0.787. The number of halogens is 1. The molecule has 2 rings (SSSR count). The number of amides is 2. The van der Waals surface area contributed by atoms with Gasteiger partial charge in [0.05, 0.1) is 5.56 Å². The fourth-order valence-corrected chi connectivity index (χ4v) is 2.19. The van der Waals surface area contributed by atoms with Crippen LogP contribution in [0.25, 0.3) is 6.08 Å². The second kappa shape index (κ2) is 7.56. The lowest BCUT2D eigenvalue weighted by Crippen LogP contribution is -2.40. The van der Waals surface area contributed by atoms with Gasteiger partial charge >= 0.3 is 0 Å². The van der Waals surface area contributed by atoms with Crippen LogP contribution in [0.3, 0.4) is 0 Å². The Kier molecular flexibility index (Phi) is 5.49. The molecule has 0 bridgehead atoms. The number of benzene rings is 2. The van der Waals surface area contributed by atoms with Crippen molar-refractivity contribution < 1.29 is 9.59 Å². The van der Waals surface area contributed by atoms with Crippen molar-refractivity contribution in [3.05, 3.63) is 75.8 Å². The second-order valence-corrected chi connectivity index (χ2v) is 5.52. The van der Waals surface area contributed by atoms with Crippen molar-refractivity contribution in [2.45, 2.75) is 6.92 Å². The van der Waals surface area contributed by atoms with Crippen LogP contribution < -0.4 is 10.9 Å². The number of rotatable bonds is 3. The normalized spacial score (nSPS) is 10.5. The SMILES string of the molecule is Cc1ccc(/C=C/C(=O)NNC(=O)c2ccccc2Br)cc1. The number of carbonyl (C=O) groups is 2. The zero-order valence-electron chi connectivity index (χ0n) is 12.0. The Bertz CT molecular complexity index is 709. The standard InChI is InChI=1S/C17H15BrN2O2/c1-12-6-8-13(9-7-12)10-11-16(21)19-20-17(22)14-4-2-3-5-15(14)18/h2-11H,1H3,(H,19,21)(H,20,22)/b11-10+. The van der Waals surface area contributed by atoms with Gasteiger partial charge in [-0.1, -0.05) is 42.0 Å². The maximum atomic E-state index is 11.9. The fourth-order valence-electron chi connectivity index (χ4n) is 1.72. The molecule has 0 heterocycles. The van der Waals surface area contributed by atoms with Gasteiger partial charge in [-0.2, -0.15) is 0 Å². The van der Waals surface area contributed by atoms with Crippen LogP contribution in [0.15, 0.2) is 59.1 Å². The highest BCUT2D eigenvalue weighted by Crippen LogP contribution is 2.15. The molecule has 0 radical (unpaired) electrons. The van der Waals surface area contributed by atoms with Crippen molar-refractivity contribution in [1.82, 2.24) is 10.9 Å². The average molecular weight is 359 g/mol. The Balaban J connectivity index is 1.89. The Hall–Kier alpha value is -2.40. The summed E-state index contributed by atoms with van der Waals surface area (Å²) >= 11 is 3.28. The van der Waals surface area contributed by atoms with E-state index in [4.69, 9.17) is 0 Å². The summed E-state index contributed by atoms with van der Waals surface area (Å²) in [5.41, 5.74) is 7.23. The van der Waals surface area contributed by atoms with Gasteiger partial charge in [-0.05, 0) is 46.6 Å². The summed E-state index contributed by atoms with van der Waals surface area (Å²) in [5, 5.41) is 0. The Morgan fingerprint density at radius 3 is 2.36 bits per heavy atom. The molecule has 0 unspecified atom stereocenters. The van der Waals surface area contributed by atoms with Crippen LogP contribution in [-0.2, 0) is 4.79 Å². The molecule has 2 aromatic rings. The number of nitrogens with one attached hydrogen (secondary N) is 2. The number of hydrogen-bond acceptors (Lipinski definition) is 2. The van der Waals surface area contributed by atoms with E-state index in [1.54, 1.807) is 24.3 Å². The van der Waals surface area contributed by atoms with Crippen LogP contribution in [0, 0.1) is 6.92 Å². The van der Waals surface area contributed by atoms with E-state index < -0.39 is 5.91 Å². The third-order valence-electron chi connectivity index (χ3n) is 2.92. The maximum absolute atomic E-state index is 11.9. The third-order valence-corrected chi connectivity index (χ3v) is 3.61. The minimum Gasteiger partial charge on any atom is -0.268 e. The Morgan fingerprint density at radius 1 is 1.00 bits per heavy atom. The van der Waals surface area contributed by atoms with Gasteiger partial charge < -0.3 is 0 Å². The lowest BCUT2D eigenvalue weighted by molar-refractivity contribution is -0.117. The van der Waals surface area contributed by atoms with Gasteiger partial charge in [0.1, 0.15) is 0 Å². The van der Waals surface area contributed by atoms with Crippen LogP contribution >= 0.6 is 15.9 Å². The predicted molar refractivity (Wildman–Crippen MR) is 90.0 cm³/mol. The molecule has 0 aliphatic carbocycles. The molecule has 0 atom stereocenters. The van der Waals surface area contributed by atoms with E-state index >= 15 is 0 Å². The topological polar surface area (TPSA) is 58.2 Å². The molecular formula is C17H15BrN2O2. The molecule has 2 aromatic carbocycles. The zero-order valence-corrected chi connectivity index (χ0v) is 13.6. The number of aryl methyl sites for hydroxylation is 1. The van der Waals surface area contributed by atoms with Gasteiger partial charge in [0.15, 0.2) is 0 Å². The largest absolute Gasteiger partial charge is 0.270 e. The molecular weight excluding hydrogens is 344 g/mol. The monoisotopic (exact) mass is 358 g/mol. The van der Waals surface area contributed by atoms with Crippen LogP contribution in [0.2, 0.25) is 0 Å². The summed E-state index contributed by atoms with van der Waals surface area (Å²) in [4.78, 5) is 23.6. The summed E-state index contributed by atoms with van der Waals surface area (Å²) in [6.45, 7) is 2.00. The number of hydrogen-bond donors (Lipinski definition) is 2. The molecule has 0 saturated heterocycles. The molecule has 0 aliphatic heterocycles. The highest BCUT2D eigenvalue weighted by molar-refractivity contribution is 9.10. The average Bonchev–Trinajstić information content (AvgIpc) is 2.52. The molecule has 112 valence electrons. The third kappa shape index (κ3) is 4.56. The highest BCUT2D eigenvalue weighted by Gasteiger charge is 2.08. The van der Waals surface area contributed by atoms with Crippen molar-refractivity contribution in [2.24, 2.45) is 0 Å². The van der Waals surface area contributed by atoms with Gasteiger partial charge in [-0.25, -0.2) is 0 Å². The van der Waals surface area contributed by atoms with Gasteiger partial charge in [-0.15, -0.1) is 0 Å². The van der Waals surface area contributed by atoms with Crippen molar-refractivity contribution in [3.8, 4) is 0 Å².